The average molecular weight is 608 g/mol. The summed E-state index contributed by atoms with van der Waals surface area (Å²) < 4.78 is 35.0. The highest BCUT2D eigenvalue weighted by atomic mass is 16.5. The number of amides is 1. The molecule has 8 heteroatoms. The van der Waals surface area contributed by atoms with E-state index in [4.69, 9.17) is 28.4 Å². The van der Waals surface area contributed by atoms with Gasteiger partial charge in [-0.1, -0.05) is 30.3 Å². The Morgan fingerprint density at radius 3 is 1.89 bits per heavy atom. The third-order valence-electron chi connectivity index (χ3n) is 8.58. The molecule has 8 nitrogen and oxygen atoms in total. The van der Waals surface area contributed by atoms with Crippen molar-refractivity contribution in [2.24, 2.45) is 0 Å². The van der Waals surface area contributed by atoms with Gasteiger partial charge in [-0.15, -0.1) is 0 Å². The molecule has 1 aliphatic rings. The summed E-state index contributed by atoms with van der Waals surface area (Å²) in [7, 11) is 8.15. The van der Waals surface area contributed by atoms with Crippen LogP contribution in [0.1, 0.15) is 35.2 Å². The topological polar surface area (TPSA) is 75.7 Å². The Labute approximate surface area is 263 Å². The van der Waals surface area contributed by atoms with Gasteiger partial charge in [0, 0.05) is 13.5 Å². The van der Waals surface area contributed by atoms with Gasteiger partial charge in [0.05, 0.1) is 41.6 Å². The lowest BCUT2D eigenvalue weighted by molar-refractivity contribution is -0.130. The number of hydrogen-bond donors (Lipinski definition) is 0. The highest BCUT2D eigenvalue weighted by molar-refractivity contribution is 6.11. The van der Waals surface area contributed by atoms with Crippen molar-refractivity contribution in [2.45, 2.75) is 26.0 Å². The van der Waals surface area contributed by atoms with Crippen LogP contribution in [0, 0.1) is 0 Å². The SMILES string of the molecule is COc1cc2c(cc1OC)C(c1cc3cc(OCc4ccccc4)c(OC)cc3c3cc(OC)c(OC)cc13)N(C(C)=O)CC2. The van der Waals surface area contributed by atoms with E-state index < -0.39 is 6.04 Å². The van der Waals surface area contributed by atoms with E-state index in [2.05, 4.69) is 6.07 Å². The van der Waals surface area contributed by atoms with Crippen molar-refractivity contribution in [1.29, 1.82) is 0 Å². The van der Waals surface area contributed by atoms with Gasteiger partial charge < -0.3 is 33.3 Å². The lowest BCUT2D eigenvalue weighted by atomic mass is 9.84. The molecule has 232 valence electrons. The zero-order chi connectivity index (χ0) is 31.7. The van der Waals surface area contributed by atoms with Crippen LogP contribution in [0.3, 0.4) is 0 Å². The highest BCUT2D eigenvalue weighted by Gasteiger charge is 2.34. The lowest BCUT2D eigenvalue weighted by Crippen LogP contribution is -2.39. The monoisotopic (exact) mass is 607 g/mol. The van der Waals surface area contributed by atoms with Crippen molar-refractivity contribution in [3.63, 3.8) is 0 Å². The van der Waals surface area contributed by atoms with E-state index in [1.807, 2.05) is 71.6 Å². The van der Waals surface area contributed by atoms with Crippen LogP contribution in [0.5, 0.6) is 34.5 Å². The minimum Gasteiger partial charge on any atom is -0.493 e. The minimum atomic E-state index is -0.396. The van der Waals surface area contributed by atoms with E-state index >= 15 is 0 Å². The normalized spacial score (nSPS) is 14.2. The molecule has 1 atom stereocenters. The second-order valence-corrected chi connectivity index (χ2v) is 11.0. The molecule has 5 aromatic rings. The largest absolute Gasteiger partial charge is 0.493 e. The summed E-state index contributed by atoms with van der Waals surface area (Å²) in [5.74, 6) is 3.69. The second kappa shape index (κ2) is 12.5. The Bertz CT molecular complexity index is 1890. The van der Waals surface area contributed by atoms with Crippen LogP contribution in [-0.4, -0.2) is 52.9 Å². The first-order valence-corrected chi connectivity index (χ1v) is 14.8. The minimum absolute atomic E-state index is 0.0178. The van der Waals surface area contributed by atoms with Crippen molar-refractivity contribution < 1.29 is 33.2 Å². The Morgan fingerprint density at radius 2 is 1.24 bits per heavy atom. The van der Waals surface area contributed by atoms with Crippen molar-refractivity contribution in [2.75, 3.05) is 42.1 Å². The van der Waals surface area contributed by atoms with E-state index in [9.17, 15) is 4.79 Å². The number of ether oxygens (including phenoxy) is 6. The first-order valence-electron chi connectivity index (χ1n) is 14.8. The molecule has 0 spiro atoms. The lowest BCUT2D eigenvalue weighted by Gasteiger charge is -2.38. The Kier molecular flexibility index (Phi) is 8.30. The number of rotatable bonds is 9. The Hall–Kier alpha value is -5.11. The molecule has 1 unspecified atom stereocenters. The number of carbonyl (C=O) groups excluding carboxylic acids is 1. The van der Waals surface area contributed by atoms with Gasteiger partial charge in [0.15, 0.2) is 34.5 Å². The van der Waals surface area contributed by atoms with Crippen LogP contribution in [0.4, 0.5) is 0 Å². The summed E-state index contributed by atoms with van der Waals surface area (Å²) in [4.78, 5) is 15.2. The van der Waals surface area contributed by atoms with E-state index in [0.29, 0.717) is 54.1 Å². The molecule has 0 N–H and O–H groups in total. The van der Waals surface area contributed by atoms with Gasteiger partial charge >= 0.3 is 0 Å². The predicted molar refractivity (Wildman–Crippen MR) is 174 cm³/mol. The quantitative estimate of drug-likeness (QED) is 0.165. The molecule has 0 bridgehead atoms. The first-order chi connectivity index (χ1) is 21.9. The maximum atomic E-state index is 13.2. The average Bonchev–Trinajstić information content (AvgIpc) is 3.08. The summed E-state index contributed by atoms with van der Waals surface area (Å²) in [6.45, 7) is 2.57. The highest BCUT2D eigenvalue weighted by Crippen LogP contribution is 2.47. The maximum absolute atomic E-state index is 13.2. The smallest absolute Gasteiger partial charge is 0.220 e. The number of methoxy groups -OCH3 is 5. The Morgan fingerprint density at radius 1 is 0.667 bits per heavy atom. The molecular weight excluding hydrogens is 570 g/mol. The number of benzene rings is 5. The molecule has 0 aliphatic carbocycles. The van der Waals surface area contributed by atoms with Gasteiger partial charge in [0.25, 0.3) is 0 Å². The third kappa shape index (κ3) is 5.41. The summed E-state index contributed by atoms with van der Waals surface area (Å²) in [6, 6.07) is 23.8. The molecule has 1 heterocycles. The molecule has 45 heavy (non-hydrogen) atoms. The Balaban J connectivity index is 1.64. The van der Waals surface area contributed by atoms with Crippen molar-refractivity contribution in [1.82, 2.24) is 4.90 Å². The summed E-state index contributed by atoms with van der Waals surface area (Å²) in [5.41, 5.74) is 4.08. The van der Waals surface area contributed by atoms with Crippen LogP contribution in [0.2, 0.25) is 0 Å². The van der Waals surface area contributed by atoms with Crippen LogP contribution in [-0.2, 0) is 17.8 Å². The van der Waals surface area contributed by atoms with E-state index in [1.54, 1.807) is 42.5 Å². The first kappa shape index (κ1) is 29.9. The van der Waals surface area contributed by atoms with Gasteiger partial charge in [0.1, 0.15) is 6.61 Å². The molecule has 0 saturated heterocycles. The molecule has 1 amide bonds. The van der Waals surface area contributed by atoms with E-state index in [1.165, 1.54) is 0 Å². The molecule has 5 aromatic carbocycles. The van der Waals surface area contributed by atoms with Crippen LogP contribution in [0.25, 0.3) is 21.5 Å². The van der Waals surface area contributed by atoms with Crippen molar-refractivity contribution in [3.8, 4) is 34.5 Å². The zero-order valence-corrected chi connectivity index (χ0v) is 26.4. The zero-order valence-electron chi connectivity index (χ0n) is 26.4. The van der Waals surface area contributed by atoms with Crippen molar-refractivity contribution >= 4 is 27.5 Å². The molecule has 0 aromatic heterocycles. The van der Waals surface area contributed by atoms with Gasteiger partial charge in [-0.2, -0.15) is 0 Å². The van der Waals surface area contributed by atoms with Gasteiger partial charge in [-0.25, -0.2) is 0 Å². The van der Waals surface area contributed by atoms with E-state index in [-0.39, 0.29) is 5.91 Å². The molecule has 0 saturated carbocycles. The van der Waals surface area contributed by atoms with Gasteiger partial charge in [-0.3, -0.25) is 4.79 Å². The number of hydrogen-bond acceptors (Lipinski definition) is 7. The molecule has 1 aliphatic heterocycles. The fraction of sp³-hybridized carbons (Fsp3) is 0.270. The fourth-order valence-corrected chi connectivity index (χ4v) is 6.37. The van der Waals surface area contributed by atoms with Crippen LogP contribution >= 0.6 is 0 Å². The predicted octanol–water partition coefficient (Wildman–Crippen LogP) is 7.11. The number of fused-ring (bicyclic) bond motifs is 4. The van der Waals surface area contributed by atoms with Gasteiger partial charge in [-0.05, 0) is 92.7 Å². The standard InChI is InChI=1S/C37H37NO7/c1-22(39)38-13-12-24-15-31(40-2)32(41-3)18-27(24)37(38)30-14-25-16-36(45-21-23-10-8-7-9-11-23)35(44-6)17-26(25)28-19-33(42-4)34(43-5)20-29(28)30/h7-11,14-20,37H,12-13,21H2,1-6H3. The molecule has 6 rings (SSSR count). The summed E-state index contributed by atoms with van der Waals surface area (Å²) in [6.07, 6.45) is 0.698. The summed E-state index contributed by atoms with van der Waals surface area (Å²) in [5, 5.41) is 3.75. The maximum Gasteiger partial charge on any atom is 0.220 e. The van der Waals surface area contributed by atoms with Crippen molar-refractivity contribution in [3.05, 3.63) is 95.1 Å². The number of nitrogens with zero attached hydrogens (tertiary/aromatic N) is 1. The van der Waals surface area contributed by atoms with E-state index in [0.717, 1.165) is 43.8 Å². The van der Waals surface area contributed by atoms with Crippen LogP contribution in [0.15, 0.2) is 72.8 Å². The van der Waals surface area contributed by atoms with Gasteiger partial charge in [0.2, 0.25) is 5.91 Å². The molecule has 0 radical (unpaired) electrons. The third-order valence-corrected chi connectivity index (χ3v) is 8.58. The van der Waals surface area contributed by atoms with Crippen LogP contribution < -0.4 is 28.4 Å². The molecular formula is C37H37NO7. The summed E-state index contributed by atoms with van der Waals surface area (Å²) >= 11 is 0. The molecule has 0 fully saturated rings. The second-order valence-electron chi connectivity index (χ2n) is 11.0. The fourth-order valence-electron chi connectivity index (χ4n) is 6.37. The number of carbonyl (C=O) groups is 1.